The molecule has 0 aliphatic heterocycles. The van der Waals surface area contributed by atoms with Crippen LogP contribution in [0.5, 0.6) is 0 Å². The summed E-state index contributed by atoms with van der Waals surface area (Å²) in [7, 11) is 1.69. The van der Waals surface area contributed by atoms with Gasteiger partial charge in [-0.1, -0.05) is 5.16 Å². The summed E-state index contributed by atoms with van der Waals surface area (Å²) in [4.78, 5) is 11.4. The Hall–Kier alpha value is -2.90. The summed E-state index contributed by atoms with van der Waals surface area (Å²) in [5, 5.41) is 10.9. The lowest BCUT2D eigenvalue weighted by Gasteiger charge is -2.10. The number of benzene rings is 1. The molecule has 3 aromatic rings. The number of nitrogens with one attached hydrogen (secondary N) is 3. The topological polar surface area (TPSA) is 91.1 Å². The van der Waals surface area contributed by atoms with E-state index in [2.05, 4.69) is 30.8 Å². The molecule has 0 atom stereocenters. The van der Waals surface area contributed by atoms with E-state index in [0.717, 1.165) is 22.9 Å². The van der Waals surface area contributed by atoms with Gasteiger partial charge in [0.05, 0.1) is 6.54 Å². The number of guanidine groups is 1. The summed E-state index contributed by atoms with van der Waals surface area (Å²) in [6.07, 6.45) is 2.65. The second-order valence-corrected chi connectivity index (χ2v) is 5.34. The molecule has 0 aliphatic rings. The third-order valence-electron chi connectivity index (χ3n) is 3.62. The zero-order valence-corrected chi connectivity index (χ0v) is 13.6. The predicted molar refractivity (Wildman–Crippen MR) is 89.2 cm³/mol. The first kappa shape index (κ1) is 16.0. The van der Waals surface area contributed by atoms with Gasteiger partial charge in [0.25, 0.3) is 0 Å². The molecule has 0 saturated heterocycles. The Bertz CT molecular complexity index is 853. The maximum atomic E-state index is 13.4. The fourth-order valence-corrected chi connectivity index (χ4v) is 2.46. The molecule has 0 saturated carbocycles. The first-order chi connectivity index (χ1) is 11.7. The summed E-state index contributed by atoms with van der Waals surface area (Å²) < 4.78 is 18.4. The van der Waals surface area contributed by atoms with Gasteiger partial charge in [-0.05, 0) is 37.1 Å². The van der Waals surface area contributed by atoms with E-state index in [-0.39, 0.29) is 5.82 Å². The Kier molecular flexibility index (Phi) is 4.74. The second-order valence-electron chi connectivity index (χ2n) is 5.34. The molecular formula is C16H19FN6O. The van der Waals surface area contributed by atoms with Crippen molar-refractivity contribution in [3.05, 3.63) is 47.5 Å². The van der Waals surface area contributed by atoms with Crippen molar-refractivity contribution in [1.29, 1.82) is 0 Å². The number of aryl methyl sites for hydroxylation is 1. The zero-order valence-electron chi connectivity index (χ0n) is 13.6. The lowest BCUT2D eigenvalue weighted by molar-refractivity contribution is 0.371. The van der Waals surface area contributed by atoms with Crippen LogP contribution >= 0.6 is 0 Å². The normalized spacial score (nSPS) is 11.9. The Balaban J connectivity index is 1.53. The van der Waals surface area contributed by atoms with Gasteiger partial charge in [-0.2, -0.15) is 4.98 Å². The van der Waals surface area contributed by atoms with Crippen molar-refractivity contribution in [2.75, 3.05) is 13.6 Å². The van der Waals surface area contributed by atoms with Crippen LogP contribution in [0.25, 0.3) is 10.9 Å². The molecule has 24 heavy (non-hydrogen) atoms. The van der Waals surface area contributed by atoms with Gasteiger partial charge >= 0.3 is 0 Å². The van der Waals surface area contributed by atoms with E-state index in [9.17, 15) is 4.39 Å². The largest absolute Gasteiger partial charge is 0.361 e. The van der Waals surface area contributed by atoms with Crippen molar-refractivity contribution in [2.45, 2.75) is 19.9 Å². The molecule has 1 aromatic carbocycles. The predicted octanol–water partition coefficient (Wildman–Crippen LogP) is 1.91. The minimum Gasteiger partial charge on any atom is -0.361 e. The van der Waals surface area contributed by atoms with Crippen LogP contribution in [0, 0.1) is 12.7 Å². The lowest BCUT2D eigenvalue weighted by atomic mass is 10.1. The molecule has 3 rings (SSSR count). The van der Waals surface area contributed by atoms with Gasteiger partial charge in [0, 0.05) is 30.7 Å². The first-order valence-corrected chi connectivity index (χ1v) is 7.65. The number of rotatable bonds is 5. The van der Waals surface area contributed by atoms with Crippen LogP contribution in [-0.4, -0.2) is 34.7 Å². The fraction of sp³-hybridized carbons (Fsp3) is 0.312. The van der Waals surface area contributed by atoms with Gasteiger partial charge in [-0.25, -0.2) is 4.39 Å². The van der Waals surface area contributed by atoms with E-state index < -0.39 is 0 Å². The summed E-state index contributed by atoms with van der Waals surface area (Å²) >= 11 is 0. The molecule has 0 aliphatic carbocycles. The Labute approximate surface area is 138 Å². The average Bonchev–Trinajstić information content (AvgIpc) is 3.17. The molecule has 0 amide bonds. The van der Waals surface area contributed by atoms with Gasteiger partial charge in [0.2, 0.25) is 5.89 Å². The maximum Gasteiger partial charge on any atom is 0.246 e. The lowest BCUT2D eigenvalue weighted by Crippen LogP contribution is -2.37. The molecule has 0 spiro atoms. The van der Waals surface area contributed by atoms with Gasteiger partial charge in [0.1, 0.15) is 5.82 Å². The van der Waals surface area contributed by atoms with Crippen molar-refractivity contribution < 1.29 is 8.91 Å². The molecule has 8 heteroatoms. The van der Waals surface area contributed by atoms with E-state index >= 15 is 0 Å². The highest BCUT2D eigenvalue weighted by atomic mass is 19.1. The number of aliphatic imine (C=N–C) groups is 1. The van der Waals surface area contributed by atoms with Crippen LogP contribution in [0.2, 0.25) is 0 Å². The smallest absolute Gasteiger partial charge is 0.246 e. The van der Waals surface area contributed by atoms with Crippen molar-refractivity contribution in [3.63, 3.8) is 0 Å². The molecular weight excluding hydrogens is 311 g/mol. The fourth-order valence-electron chi connectivity index (χ4n) is 2.46. The van der Waals surface area contributed by atoms with Gasteiger partial charge < -0.3 is 20.1 Å². The van der Waals surface area contributed by atoms with Crippen molar-refractivity contribution in [1.82, 2.24) is 25.8 Å². The molecule has 0 unspecified atom stereocenters. The molecule has 2 heterocycles. The van der Waals surface area contributed by atoms with Gasteiger partial charge in [-0.3, -0.25) is 4.99 Å². The van der Waals surface area contributed by atoms with Crippen LogP contribution in [0.4, 0.5) is 4.39 Å². The molecule has 0 radical (unpaired) electrons. The van der Waals surface area contributed by atoms with Gasteiger partial charge in [0.15, 0.2) is 11.8 Å². The van der Waals surface area contributed by atoms with Crippen LogP contribution in [-0.2, 0) is 13.0 Å². The zero-order chi connectivity index (χ0) is 16.9. The third kappa shape index (κ3) is 3.70. The number of H-pyrrole nitrogens is 1. The van der Waals surface area contributed by atoms with E-state index in [1.807, 2.05) is 6.20 Å². The highest BCUT2D eigenvalue weighted by Crippen LogP contribution is 2.19. The third-order valence-corrected chi connectivity index (χ3v) is 3.62. The number of halogens is 1. The number of hydrogen-bond acceptors (Lipinski definition) is 4. The first-order valence-electron chi connectivity index (χ1n) is 7.65. The maximum absolute atomic E-state index is 13.4. The number of aromatic amines is 1. The van der Waals surface area contributed by atoms with E-state index in [4.69, 9.17) is 4.52 Å². The summed E-state index contributed by atoms with van der Waals surface area (Å²) in [5.74, 6) is 1.50. The molecule has 126 valence electrons. The Morgan fingerprint density at radius 2 is 2.25 bits per heavy atom. The van der Waals surface area contributed by atoms with Crippen LogP contribution in [0.3, 0.4) is 0 Å². The van der Waals surface area contributed by atoms with Crippen LogP contribution in [0.1, 0.15) is 17.3 Å². The number of aromatic nitrogens is 3. The van der Waals surface area contributed by atoms with Crippen molar-refractivity contribution in [2.24, 2.45) is 4.99 Å². The number of hydrogen-bond donors (Lipinski definition) is 3. The standard InChI is InChI=1S/C16H19FN6O/c1-10-22-15(24-23-10)9-21-16(18-2)19-6-5-11-8-20-14-4-3-12(17)7-13(11)14/h3-4,7-8,20H,5-6,9H2,1-2H3,(H2,18,19,21). The highest BCUT2D eigenvalue weighted by Gasteiger charge is 2.07. The molecule has 7 nitrogen and oxygen atoms in total. The second kappa shape index (κ2) is 7.12. The SMILES string of the molecule is CN=C(NCCc1c[nH]c2ccc(F)cc12)NCc1nc(C)no1. The minimum atomic E-state index is -0.233. The van der Waals surface area contributed by atoms with E-state index in [1.54, 1.807) is 26.1 Å². The molecule has 2 aromatic heterocycles. The summed E-state index contributed by atoms with van der Waals surface area (Å²) in [6, 6.07) is 4.74. The number of fused-ring (bicyclic) bond motifs is 1. The van der Waals surface area contributed by atoms with Crippen LogP contribution in [0.15, 0.2) is 33.9 Å². The van der Waals surface area contributed by atoms with Gasteiger partial charge in [-0.15, -0.1) is 0 Å². The average molecular weight is 330 g/mol. The van der Waals surface area contributed by atoms with E-state index in [0.29, 0.717) is 30.8 Å². The molecule has 3 N–H and O–H groups in total. The van der Waals surface area contributed by atoms with Crippen molar-refractivity contribution in [3.8, 4) is 0 Å². The van der Waals surface area contributed by atoms with Crippen molar-refractivity contribution >= 4 is 16.9 Å². The van der Waals surface area contributed by atoms with E-state index in [1.165, 1.54) is 6.07 Å². The molecule has 0 bridgehead atoms. The summed E-state index contributed by atoms with van der Waals surface area (Å²) in [6.45, 7) is 2.83. The Morgan fingerprint density at radius 1 is 1.38 bits per heavy atom. The monoisotopic (exact) mass is 330 g/mol. The Morgan fingerprint density at radius 3 is 3.00 bits per heavy atom. The highest BCUT2D eigenvalue weighted by molar-refractivity contribution is 5.83. The number of nitrogens with zero attached hydrogens (tertiary/aromatic N) is 3. The molecule has 0 fully saturated rings. The summed E-state index contributed by atoms with van der Waals surface area (Å²) in [5.41, 5.74) is 1.99. The minimum absolute atomic E-state index is 0.233. The van der Waals surface area contributed by atoms with Crippen LogP contribution < -0.4 is 10.6 Å². The quantitative estimate of drug-likeness (QED) is 0.491.